The van der Waals surface area contributed by atoms with E-state index in [1.165, 1.54) is 6.42 Å². The zero-order valence-electron chi connectivity index (χ0n) is 15.1. The van der Waals surface area contributed by atoms with Crippen molar-refractivity contribution in [3.8, 4) is 0 Å². The minimum absolute atomic E-state index is 0.0144. The van der Waals surface area contributed by atoms with Crippen LogP contribution < -0.4 is 0 Å². The van der Waals surface area contributed by atoms with E-state index in [0.29, 0.717) is 10.8 Å². The average molecular weight is 352 g/mol. The van der Waals surface area contributed by atoms with Crippen molar-refractivity contribution in [3.63, 3.8) is 0 Å². The van der Waals surface area contributed by atoms with Gasteiger partial charge in [-0.15, -0.1) is 4.67 Å². The fourth-order valence-corrected chi connectivity index (χ4v) is 4.09. The van der Waals surface area contributed by atoms with Crippen LogP contribution in [0.4, 0.5) is 0 Å². The number of ether oxygens (including phenoxy) is 1. The third-order valence-electron chi connectivity index (χ3n) is 4.44. The van der Waals surface area contributed by atoms with Gasteiger partial charge in [0.25, 0.3) is 0 Å². The van der Waals surface area contributed by atoms with Gasteiger partial charge in [0, 0.05) is 0 Å². The summed E-state index contributed by atoms with van der Waals surface area (Å²) >= 11 is 0. The highest BCUT2D eigenvalue weighted by Gasteiger charge is 2.36. The molecule has 1 rings (SSSR count). The molecule has 0 amide bonds. The zero-order chi connectivity index (χ0) is 17.7. The molecule has 0 aromatic carbocycles. The van der Waals surface area contributed by atoms with Gasteiger partial charge in [0.1, 0.15) is 6.61 Å². The minimum Gasteiger partial charge on any atom is -0.376 e. The van der Waals surface area contributed by atoms with Gasteiger partial charge in [0.05, 0.1) is 12.7 Å². The average Bonchev–Trinajstić information content (AvgIpc) is 2.34. The molecule has 0 atom stereocenters. The first kappa shape index (κ1) is 21.1. The maximum absolute atomic E-state index is 10.4. The Morgan fingerprint density at radius 1 is 1.00 bits per heavy atom. The van der Waals surface area contributed by atoms with Crippen LogP contribution in [0.1, 0.15) is 66.7 Å². The molecule has 0 aliphatic heterocycles. The van der Waals surface area contributed by atoms with Gasteiger partial charge in [-0.05, 0) is 48.9 Å². The molecule has 1 fully saturated rings. The molecule has 0 radical (unpaired) electrons. The second kappa shape index (κ2) is 8.41. The van der Waals surface area contributed by atoms with Gasteiger partial charge in [0.2, 0.25) is 0 Å². The Morgan fingerprint density at radius 3 is 2.04 bits per heavy atom. The summed E-state index contributed by atoms with van der Waals surface area (Å²) in [6, 6.07) is 0. The van der Waals surface area contributed by atoms with Crippen LogP contribution in [0.2, 0.25) is 0 Å². The Morgan fingerprint density at radius 2 is 1.57 bits per heavy atom. The molecular formula is C16H33O6P. The topological polar surface area (TPSA) is 85.2 Å². The molecule has 2 N–H and O–H groups in total. The summed E-state index contributed by atoms with van der Waals surface area (Å²) in [5.41, 5.74) is 0.677. The van der Waals surface area contributed by atoms with Crippen LogP contribution in [0.25, 0.3) is 0 Å². The molecule has 6 nitrogen and oxygen atoms in total. The van der Waals surface area contributed by atoms with Gasteiger partial charge < -0.3 is 14.5 Å². The summed E-state index contributed by atoms with van der Waals surface area (Å²) < 4.78 is 20.0. The molecular weight excluding hydrogens is 319 g/mol. The van der Waals surface area contributed by atoms with Crippen molar-refractivity contribution < 1.29 is 28.7 Å². The van der Waals surface area contributed by atoms with Gasteiger partial charge in [0.15, 0.2) is 0 Å². The lowest BCUT2D eigenvalue weighted by Gasteiger charge is -2.42. The van der Waals surface area contributed by atoms with Crippen molar-refractivity contribution in [1.29, 1.82) is 0 Å². The largest absolute Gasteiger partial charge is 0.496 e. The van der Waals surface area contributed by atoms with Gasteiger partial charge in [-0.1, -0.05) is 34.6 Å². The van der Waals surface area contributed by atoms with E-state index < -0.39 is 7.82 Å². The van der Waals surface area contributed by atoms with E-state index in [1.807, 2.05) is 0 Å². The Balaban J connectivity index is 2.24. The van der Waals surface area contributed by atoms with E-state index in [-0.39, 0.29) is 19.3 Å². The van der Waals surface area contributed by atoms with E-state index in [9.17, 15) is 4.57 Å². The second-order valence-corrected chi connectivity index (χ2v) is 9.59. The quantitative estimate of drug-likeness (QED) is 0.296. The lowest BCUT2D eigenvalue weighted by atomic mass is 9.64. The third kappa shape index (κ3) is 9.18. The van der Waals surface area contributed by atoms with Crippen LogP contribution in [-0.4, -0.2) is 29.1 Å². The molecule has 0 aromatic rings. The molecule has 0 spiro atoms. The zero-order valence-corrected chi connectivity index (χ0v) is 16.0. The van der Waals surface area contributed by atoms with Crippen LogP contribution in [-0.2, 0) is 18.9 Å². The van der Waals surface area contributed by atoms with Crippen LogP contribution >= 0.6 is 7.82 Å². The second-order valence-electron chi connectivity index (χ2n) is 8.46. The van der Waals surface area contributed by atoms with E-state index in [1.54, 1.807) is 0 Å². The van der Waals surface area contributed by atoms with Gasteiger partial charge in [-0.2, -0.15) is 0 Å². The Hall–Kier alpha value is 0.0300. The van der Waals surface area contributed by atoms with Crippen molar-refractivity contribution in [2.24, 2.45) is 16.7 Å². The molecule has 1 aliphatic rings. The standard InChI is InChI=1S/C16H33O6P/c1-15(2,3)12-16(4,5)13-6-8-14(9-7-13)20-10-11-21-22-23(17,18)19/h13-14H,6-12H2,1-5H3,(H2,17,18,19). The molecule has 1 saturated carbocycles. The molecule has 138 valence electrons. The molecule has 7 heteroatoms. The molecule has 23 heavy (non-hydrogen) atoms. The highest BCUT2D eigenvalue weighted by Crippen LogP contribution is 2.45. The number of rotatable bonds is 8. The molecule has 0 saturated heterocycles. The minimum atomic E-state index is -4.56. The van der Waals surface area contributed by atoms with Gasteiger partial charge in [-0.25, -0.2) is 9.45 Å². The number of hydrogen-bond donors (Lipinski definition) is 2. The summed E-state index contributed by atoms with van der Waals surface area (Å²) in [6.45, 7) is 11.9. The predicted octanol–water partition coefficient (Wildman–Crippen LogP) is 4.07. The van der Waals surface area contributed by atoms with Crippen molar-refractivity contribution in [3.05, 3.63) is 0 Å². The van der Waals surface area contributed by atoms with Crippen molar-refractivity contribution in [1.82, 2.24) is 0 Å². The number of hydrogen-bond acceptors (Lipinski definition) is 4. The smallest absolute Gasteiger partial charge is 0.376 e. The van der Waals surface area contributed by atoms with Crippen molar-refractivity contribution in [2.75, 3.05) is 13.2 Å². The fourth-order valence-electron chi connectivity index (χ4n) is 3.88. The monoisotopic (exact) mass is 352 g/mol. The molecule has 0 heterocycles. The van der Waals surface area contributed by atoms with Crippen molar-refractivity contribution in [2.45, 2.75) is 72.8 Å². The Labute approximate surface area is 140 Å². The Kier molecular flexibility index (Phi) is 7.71. The van der Waals surface area contributed by atoms with Crippen LogP contribution in [0, 0.1) is 16.7 Å². The highest BCUT2D eigenvalue weighted by atomic mass is 31.2. The number of phosphoric acid groups is 1. The fraction of sp³-hybridized carbons (Fsp3) is 1.00. The van der Waals surface area contributed by atoms with E-state index in [4.69, 9.17) is 14.5 Å². The summed E-state index contributed by atoms with van der Waals surface area (Å²) in [7, 11) is -4.56. The summed E-state index contributed by atoms with van der Waals surface area (Å²) in [5, 5.41) is 0. The first-order chi connectivity index (χ1) is 10.4. The summed E-state index contributed by atoms with van der Waals surface area (Å²) in [6.07, 6.45) is 5.79. The lowest BCUT2D eigenvalue weighted by Crippen LogP contribution is -2.34. The van der Waals surface area contributed by atoms with E-state index in [0.717, 1.165) is 31.6 Å². The molecule has 0 bridgehead atoms. The SMILES string of the molecule is CC(C)(C)CC(C)(C)C1CCC(OCCOOP(=O)(O)O)CC1. The molecule has 0 aromatic heterocycles. The Bertz CT molecular complexity index is 390. The predicted molar refractivity (Wildman–Crippen MR) is 88.6 cm³/mol. The highest BCUT2D eigenvalue weighted by molar-refractivity contribution is 7.46. The molecule has 0 unspecified atom stereocenters. The first-order valence-electron chi connectivity index (χ1n) is 8.37. The van der Waals surface area contributed by atoms with Gasteiger partial charge >= 0.3 is 7.82 Å². The maximum Gasteiger partial charge on any atom is 0.496 e. The van der Waals surface area contributed by atoms with Crippen LogP contribution in [0.15, 0.2) is 0 Å². The maximum atomic E-state index is 10.4. The normalized spacial score (nSPS) is 24.0. The first-order valence-corrected chi connectivity index (χ1v) is 9.90. The lowest BCUT2D eigenvalue weighted by molar-refractivity contribution is -0.232. The molecule has 1 aliphatic carbocycles. The van der Waals surface area contributed by atoms with Crippen molar-refractivity contribution >= 4 is 7.82 Å². The van der Waals surface area contributed by atoms with E-state index in [2.05, 4.69) is 44.2 Å². The summed E-state index contributed by atoms with van der Waals surface area (Å²) in [4.78, 5) is 21.4. The van der Waals surface area contributed by atoms with Crippen LogP contribution in [0.3, 0.4) is 0 Å². The van der Waals surface area contributed by atoms with Crippen LogP contribution in [0.5, 0.6) is 0 Å². The van der Waals surface area contributed by atoms with E-state index >= 15 is 0 Å². The third-order valence-corrected chi connectivity index (χ3v) is 4.73. The van der Waals surface area contributed by atoms with Gasteiger partial charge in [-0.3, -0.25) is 0 Å². The summed E-state index contributed by atoms with van der Waals surface area (Å²) in [5.74, 6) is 0.718.